The summed E-state index contributed by atoms with van der Waals surface area (Å²) in [5, 5.41) is 1.50. The minimum atomic E-state index is -5.48. The monoisotopic (exact) mass is 936 g/mol. The van der Waals surface area contributed by atoms with E-state index in [9.17, 15) is 0 Å². The summed E-state index contributed by atoms with van der Waals surface area (Å²) >= 11 is 8.89. The molecule has 6 rings (SSSR count). The van der Waals surface area contributed by atoms with Crippen molar-refractivity contribution in [1.82, 2.24) is 0 Å². The molecule has 0 N–H and O–H groups in total. The summed E-state index contributed by atoms with van der Waals surface area (Å²) in [5.74, 6) is 0.218. The molecule has 314 valence electrons. The molecule has 0 nitrogen and oxygen atoms in total. The van der Waals surface area contributed by atoms with Gasteiger partial charge >= 0.3 is 354 Å². The van der Waals surface area contributed by atoms with Crippen LogP contribution >= 0.6 is 48.0 Å². The van der Waals surface area contributed by atoms with Crippen molar-refractivity contribution in [1.29, 1.82) is 0 Å². The molecule has 0 fully saturated rings. The van der Waals surface area contributed by atoms with E-state index in [1.165, 1.54) is 63.2 Å². The molecule has 1 atom stereocenters. The summed E-state index contributed by atoms with van der Waals surface area (Å²) in [7, 11) is 0. The first kappa shape index (κ1) is 48.9. The van der Waals surface area contributed by atoms with Crippen LogP contribution in [0.25, 0.3) is 11.1 Å². The molecule has 0 heterocycles. The topological polar surface area (TPSA) is 0 Å². The molecule has 2 aliphatic carbocycles. The third-order valence-electron chi connectivity index (χ3n) is 13.0. The first-order valence-corrected chi connectivity index (χ1v) is 28.3. The minimum absolute atomic E-state index is 0. The summed E-state index contributed by atoms with van der Waals surface area (Å²) in [6, 6.07) is 25.4. The number of allylic oxidation sites excluding steroid dienone is 4. The SMILES string of the molecule is Cl.Cl.[CH2]=[Zr]([C]1=CC(C(C)(C)C)=CC1CC)([c]1cccc(Cl)c1)([c]1cccc(Cl)c1)[c]1c2c(cc(C(C)(C)C)c1C(C)(C)C)-c1cc(C(C)(C)C)c(C(C)(C)C)cc1C2. The second-order valence-electron chi connectivity index (χ2n) is 22.4. The average Bonchev–Trinajstić information content (AvgIpc) is 3.67. The normalized spacial score (nSPS) is 16.2. The zero-order chi connectivity index (χ0) is 41.8. The standard InChI is InChI=1S/C29H41.C11H17.2C6H4Cl.CH2.2ClH.Zr/c1-26(2,3)22-14-18-13-19-15-23(27(4,5)6)25(29(10,11)12)17-21(19)20(18)16-24(22)28(7,8)9;1-5-9-6-7-10(8-9)11(2,3)4;2*7-6-4-2-1-3-5-6;;;;/h14,16-17H,13H2,1-12H3;7-9H,5H2,1-4H3;2*1-2,4-5H;1H2;2*1H;. The van der Waals surface area contributed by atoms with Gasteiger partial charge in [0.2, 0.25) is 0 Å². The van der Waals surface area contributed by atoms with Gasteiger partial charge in [-0.2, -0.15) is 0 Å². The summed E-state index contributed by atoms with van der Waals surface area (Å²) in [6.07, 6.45) is 7.04. The van der Waals surface area contributed by atoms with Gasteiger partial charge in [-0.15, -0.1) is 24.8 Å². The van der Waals surface area contributed by atoms with E-state index in [1.54, 1.807) is 0 Å². The van der Waals surface area contributed by atoms with Crippen molar-refractivity contribution in [3.05, 3.63) is 131 Å². The molecule has 2 aliphatic rings. The molecule has 0 saturated carbocycles. The zero-order valence-corrected chi connectivity index (χ0v) is 43.9. The molecule has 5 heteroatoms. The van der Waals surface area contributed by atoms with Crippen LogP contribution in [0.1, 0.15) is 151 Å². The first-order chi connectivity index (χ1) is 25.5. The Bertz CT molecular complexity index is 2320. The van der Waals surface area contributed by atoms with Crippen LogP contribution in [0.3, 0.4) is 0 Å². The molecule has 4 aromatic carbocycles. The van der Waals surface area contributed by atoms with Gasteiger partial charge in [0.25, 0.3) is 0 Å². The molecular weight excluding hydrogens is 870 g/mol. The fourth-order valence-corrected chi connectivity index (χ4v) is 28.9. The Kier molecular flexibility index (Phi) is 13.4. The third kappa shape index (κ3) is 8.06. The quantitative estimate of drug-likeness (QED) is 0.165. The summed E-state index contributed by atoms with van der Waals surface area (Å²) in [6.45, 7) is 38.1. The van der Waals surface area contributed by atoms with E-state index < -0.39 is 18.3 Å². The van der Waals surface area contributed by atoms with E-state index in [-0.39, 0.29) is 57.8 Å². The summed E-state index contributed by atoms with van der Waals surface area (Å²) < 4.78 is 11.6. The van der Waals surface area contributed by atoms with Crippen LogP contribution in [0.5, 0.6) is 0 Å². The molecular formula is C53H70Cl4Zr. The van der Waals surface area contributed by atoms with E-state index >= 15 is 0 Å². The van der Waals surface area contributed by atoms with Gasteiger partial charge in [0.1, 0.15) is 0 Å². The van der Waals surface area contributed by atoms with Crippen molar-refractivity contribution >= 4 is 62.0 Å². The van der Waals surface area contributed by atoms with Gasteiger partial charge in [-0.05, 0) is 0 Å². The Hall–Kier alpha value is -1.73. The van der Waals surface area contributed by atoms with Crippen LogP contribution in [0.15, 0.2) is 87.7 Å². The van der Waals surface area contributed by atoms with Gasteiger partial charge in [0.05, 0.1) is 0 Å². The van der Waals surface area contributed by atoms with Crippen molar-refractivity contribution in [2.75, 3.05) is 0 Å². The van der Waals surface area contributed by atoms with Gasteiger partial charge in [0, 0.05) is 0 Å². The Labute approximate surface area is 376 Å². The summed E-state index contributed by atoms with van der Waals surface area (Å²) in [5.41, 5.74) is 12.4. The van der Waals surface area contributed by atoms with Crippen LogP contribution in [0, 0.1) is 11.3 Å². The van der Waals surface area contributed by atoms with Gasteiger partial charge in [0.15, 0.2) is 0 Å². The number of hydrogen-bond donors (Lipinski definition) is 0. The molecule has 0 bridgehead atoms. The second-order valence-corrected chi connectivity index (χ2v) is 35.9. The van der Waals surface area contributed by atoms with Crippen LogP contribution in [0.4, 0.5) is 0 Å². The molecule has 0 radical (unpaired) electrons. The number of hydrogen-bond acceptors (Lipinski definition) is 0. The van der Waals surface area contributed by atoms with Crippen molar-refractivity contribution in [3.63, 3.8) is 0 Å². The second kappa shape index (κ2) is 15.9. The van der Waals surface area contributed by atoms with Gasteiger partial charge in [-0.25, -0.2) is 0 Å². The van der Waals surface area contributed by atoms with Crippen molar-refractivity contribution < 1.29 is 18.3 Å². The molecule has 0 saturated heterocycles. The Morgan fingerprint density at radius 2 is 1.07 bits per heavy atom. The molecule has 58 heavy (non-hydrogen) atoms. The number of halogens is 4. The zero-order valence-electron chi connectivity index (χ0n) is 38.3. The molecule has 4 aromatic rings. The predicted octanol–water partition coefficient (Wildman–Crippen LogP) is 14.9. The fraction of sp³-hybridized carbons (Fsp3) is 0.453. The Morgan fingerprint density at radius 3 is 1.48 bits per heavy atom. The molecule has 0 aliphatic heterocycles. The van der Waals surface area contributed by atoms with Crippen molar-refractivity contribution in [2.45, 2.75) is 145 Å². The van der Waals surface area contributed by atoms with Gasteiger partial charge in [-0.3, -0.25) is 0 Å². The van der Waals surface area contributed by atoms with Gasteiger partial charge in [-0.1, -0.05) is 0 Å². The van der Waals surface area contributed by atoms with E-state index in [1.807, 2.05) is 12.1 Å². The first-order valence-electron chi connectivity index (χ1n) is 20.9. The van der Waals surface area contributed by atoms with Crippen LogP contribution in [-0.4, -0.2) is 4.21 Å². The number of benzene rings is 4. The maximum atomic E-state index is 7.19. The summed E-state index contributed by atoms with van der Waals surface area (Å²) in [4.78, 5) is 0. The van der Waals surface area contributed by atoms with E-state index in [0.29, 0.717) is 0 Å². The molecule has 1 unspecified atom stereocenters. The Balaban J connectivity index is 0.00000372. The average molecular weight is 940 g/mol. The van der Waals surface area contributed by atoms with Crippen LogP contribution < -0.4 is 9.81 Å². The fourth-order valence-electron chi connectivity index (χ4n) is 10.2. The number of fused-ring (bicyclic) bond motifs is 3. The van der Waals surface area contributed by atoms with Crippen LogP contribution in [-0.2, 0) is 46.4 Å². The molecule has 0 aromatic heterocycles. The van der Waals surface area contributed by atoms with E-state index in [4.69, 9.17) is 27.4 Å². The van der Waals surface area contributed by atoms with Crippen LogP contribution in [0.2, 0.25) is 10.0 Å². The van der Waals surface area contributed by atoms with E-state index in [0.717, 1.165) is 22.9 Å². The van der Waals surface area contributed by atoms with Crippen molar-refractivity contribution in [3.8, 4) is 11.1 Å². The van der Waals surface area contributed by atoms with E-state index in [2.05, 4.69) is 178 Å². The Morgan fingerprint density at radius 1 is 0.603 bits per heavy atom. The maximum absolute atomic E-state index is 7.19. The third-order valence-corrected chi connectivity index (χ3v) is 29.8. The number of rotatable bonds is 5. The molecule has 0 spiro atoms. The van der Waals surface area contributed by atoms with Crippen molar-refractivity contribution in [2.24, 2.45) is 11.3 Å². The predicted molar refractivity (Wildman–Crippen MR) is 262 cm³/mol. The molecule has 0 amide bonds. The van der Waals surface area contributed by atoms with Gasteiger partial charge < -0.3 is 0 Å².